The minimum Gasteiger partial charge on any atom is -0.479 e. The number of carbonyl (C=O) groups excluding carboxylic acids is 1. The summed E-state index contributed by atoms with van der Waals surface area (Å²) in [7, 11) is 0. The van der Waals surface area contributed by atoms with Gasteiger partial charge in [0.25, 0.3) is 0 Å². The van der Waals surface area contributed by atoms with Gasteiger partial charge in [0.15, 0.2) is 5.54 Å². The molecule has 0 aromatic rings. The Kier molecular flexibility index (Phi) is 3.27. The van der Waals surface area contributed by atoms with E-state index < -0.39 is 41.0 Å². The summed E-state index contributed by atoms with van der Waals surface area (Å²) in [6, 6.07) is 0. The van der Waals surface area contributed by atoms with Gasteiger partial charge in [0.05, 0.1) is 6.10 Å². The van der Waals surface area contributed by atoms with Crippen LogP contribution in [-0.4, -0.2) is 41.4 Å². The SMILES string of the molecule is CC1(C)C2OCCCC2C1(NC(=O)C(F)(F)F)C(=O)O. The van der Waals surface area contributed by atoms with E-state index in [9.17, 15) is 27.9 Å². The molecule has 1 saturated heterocycles. The maximum Gasteiger partial charge on any atom is 0.471 e. The molecule has 114 valence electrons. The number of aliphatic carboxylic acids is 1. The van der Waals surface area contributed by atoms with Gasteiger partial charge >= 0.3 is 18.1 Å². The first-order chi connectivity index (χ1) is 9.05. The fourth-order valence-electron chi connectivity index (χ4n) is 3.53. The molecule has 2 fully saturated rings. The molecular formula is C12H16F3NO4. The van der Waals surface area contributed by atoms with E-state index in [4.69, 9.17) is 4.74 Å². The topological polar surface area (TPSA) is 75.6 Å². The van der Waals surface area contributed by atoms with Crippen molar-refractivity contribution >= 4 is 11.9 Å². The van der Waals surface area contributed by atoms with Gasteiger partial charge in [0, 0.05) is 17.9 Å². The molecule has 1 heterocycles. The second-order valence-corrected chi connectivity index (χ2v) is 5.83. The summed E-state index contributed by atoms with van der Waals surface area (Å²) in [5, 5.41) is 11.2. The maximum absolute atomic E-state index is 12.4. The monoisotopic (exact) mass is 295 g/mol. The number of ether oxygens (including phenoxy) is 1. The Morgan fingerprint density at radius 3 is 2.45 bits per heavy atom. The average molecular weight is 295 g/mol. The van der Waals surface area contributed by atoms with Crippen molar-refractivity contribution in [1.29, 1.82) is 0 Å². The third-order valence-corrected chi connectivity index (χ3v) is 4.51. The highest BCUT2D eigenvalue weighted by molar-refractivity contribution is 5.92. The number of hydrogen-bond donors (Lipinski definition) is 2. The lowest BCUT2D eigenvalue weighted by Gasteiger charge is -2.65. The van der Waals surface area contributed by atoms with Crippen LogP contribution < -0.4 is 5.32 Å². The number of nitrogens with one attached hydrogen (secondary N) is 1. The molecule has 2 aliphatic rings. The van der Waals surface area contributed by atoms with E-state index in [0.29, 0.717) is 19.4 Å². The lowest BCUT2D eigenvalue weighted by Crippen LogP contribution is -2.83. The van der Waals surface area contributed by atoms with Crippen LogP contribution in [0.2, 0.25) is 0 Å². The zero-order chi connectivity index (χ0) is 15.3. The molecule has 3 unspecified atom stereocenters. The lowest BCUT2D eigenvalue weighted by molar-refractivity contribution is -0.247. The van der Waals surface area contributed by atoms with Gasteiger partial charge in [0.2, 0.25) is 0 Å². The third kappa shape index (κ3) is 1.81. The van der Waals surface area contributed by atoms with Crippen LogP contribution in [0, 0.1) is 11.3 Å². The Balaban J connectivity index is 2.35. The molecule has 1 aliphatic heterocycles. The fraction of sp³-hybridized carbons (Fsp3) is 0.833. The number of carboxylic acids is 1. The molecule has 0 bridgehead atoms. The first-order valence-corrected chi connectivity index (χ1v) is 6.29. The first-order valence-electron chi connectivity index (χ1n) is 6.29. The number of amides is 1. The van der Waals surface area contributed by atoms with Crippen molar-refractivity contribution in [3.05, 3.63) is 0 Å². The summed E-state index contributed by atoms with van der Waals surface area (Å²) in [6.45, 7) is 3.46. The summed E-state index contributed by atoms with van der Waals surface area (Å²) in [4.78, 5) is 22.8. The molecule has 5 nitrogen and oxygen atoms in total. The summed E-state index contributed by atoms with van der Waals surface area (Å²) in [5.74, 6) is -4.32. The van der Waals surface area contributed by atoms with Crippen LogP contribution in [0.3, 0.4) is 0 Å². The molecule has 2 N–H and O–H groups in total. The predicted molar refractivity (Wildman–Crippen MR) is 60.8 cm³/mol. The van der Waals surface area contributed by atoms with Crippen molar-refractivity contribution in [3.63, 3.8) is 0 Å². The lowest BCUT2D eigenvalue weighted by atomic mass is 9.46. The smallest absolute Gasteiger partial charge is 0.471 e. The second kappa shape index (κ2) is 4.34. The molecule has 0 aromatic heterocycles. The molecule has 0 aromatic carbocycles. The van der Waals surface area contributed by atoms with Crippen molar-refractivity contribution in [3.8, 4) is 0 Å². The van der Waals surface area contributed by atoms with Crippen LogP contribution in [0.4, 0.5) is 13.2 Å². The van der Waals surface area contributed by atoms with Crippen molar-refractivity contribution < 1.29 is 32.6 Å². The van der Waals surface area contributed by atoms with Crippen LogP contribution in [0.15, 0.2) is 0 Å². The maximum atomic E-state index is 12.4. The van der Waals surface area contributed by atoms with E-state index in [1.807, 2.05) is 0 Å². The molecule has 3 atom stereocenters. The minimum atomic E-state index is -5.11. The van der Waals surface area contributed by atoms with Crippen LogP contribution in [0.25, 0.3) is 0 Å². The number of fused-ring (bicyclic) bond motifs is 1. The number of rotatable bonds is 2. The van der Waals surface area contributed by atoms with Crippen LogP contribution >= 0.6 is 0 Å². The van der Waals surface area contributed by atoms with E-state index in [1.54, 1.807) is 5.32 Å². The van der Waals surface area contributed by atoms with E-state index in [0.717, 1.165) is 0 Å². The Bertz CT molecular complexity index is 448. The molecule has 20 heavy (non-hydrogen) atoms. The normalized spacial score (nSPS) is 35.6. The summed E-state index contributed by atoms with van der Waals surface area (Å²) >= 11 is 0. The number of halogens is 3. The number of carbonyl (C=O) groups is 2. The Morgan fingerprint density at radius 1 is 1.35 bits per heavy atom. The van der Waals surface area contributed by atoms with Gasteiger partial charge in [-0.15, -0.1) is 0 Å². The molecule has 1 saturated carbocycles. The van der Waals surface area contributed by atoms with E-state index in [2.05, 4.69) is 0 Å². The van der Waals surface area contributed by atoms with Gasteiger partial charge in [-0.3, -0.25) is 4.79 Å². The Labute approximate surface area is 113 Å². The van der Waals surface area contributed by atoms with Gasteiger partial charge in [0.1, 0.15) is 0 Å². The molecular weight excluding hydrogens is 279 g/mol. The van der Waals surface area contributed by atoms with Crippen LogP contribution in [0.1, 0.15) is 26.7 Å². The fourth-order valence-corrected chi connectivity index (χ4v) is 3.53. The van der Waals surface area contributed by atoms with Gasteiger partial charge in [-0.1, -0.05) is 13.8 Å². The Hall–Kier alpha value is -1.31. The zero-order valence-corrected chi connectivity index (χ0v) is 11.1. The first kappa shape index (κ1) is 15.1. The quantitative estimate of drug-likeness (QED) is 0.805. The highest BCUT2D eigenvalue weighted by Gasteiger charge is 2.74. The molecule has 8 heteroatoms. The van der Waals surface area contributed by atoms with Crippen LogP contribution in [0.5, 0.6) is 0 Å². The molecule has 1 aliphatic carbocycles. The molecule has 2 rings (SSSR count). The van der Waals surface area contributed by atoms with Gasteiger partial charge in [-0.2, -0.15) is 13.2 Å². The van der Waals surface area contributed by atoms with Crippen molar-refractivity contribution in [2.45, 2.75) is 44.5 Å². The highest BCUT2D eigenvalue weighted by atomic mass is 19.4. The predicted octanol–water partition coefficient (Wildman–Crippen LogP) is 1.32. The van der Waals surface area contributed by atoms with Crippen molar-refractivity contribution in [1.82, 2.24) is 5.32 Å². The molecule has 0 radical (unpaired) electrons. The summed E-state index contributed by atoms with van der Waals surface area (Å²) < 4.78 is 42.8. The van der Waals surface area contributed by atoms with Crippen molar-refractivity contribution in [2.24, 2.45) is 11.3 Å². The number of hydrogen-bond acceptors (Lipinski definition) is 3. The van der Waals surface area contributed by atoms with Crippen LogP contribution in [-0.2, 0) is 14.3 Å². The Morgan fingerprint density at radius 2 is 1.95 bits per heavy atom. The standard InChI is InChI=1S/C12H16F3NO4/c1-10(2)7-6(4-3-5-20-7)11(10,9(18)19)16-8(17)12(13,14)15/h6-7H,3-5H2,1-2H3,(H,16,17)(H,18,19). The number of carboxylic acid groups (broad SMARTS) is 1. The second-order valence-electron chi connectivity index (χ2n) is 5.83. The summed E-state index contributed by atoms with van der Waals surface area (Å²) in [5.41, 5.74) is -3.05. The molecule has 1 amide bonds. The number of alkyl halides is 3. The molecule has 0 spiro atoms. The average Bonchev–Trinajstić information content (AvgIpc) is 2.33. The van der Waals surface area contributed by atoms with E-state index in [1.165, 1.54) is 13.8 Å². The van der Waals surface area contributed by atoms with E-state index >= 15 is 0 Å². The zero-order valence-electron chi connectivity index (χ0n) is 11.1. The van der Waals surface area contributed by atoms with Gasteiger partial charge < -0.3 is 15.2 Å². The van der Waals surface area contributed by atoms with Gasteiger partial charge in [-0.05, 0) is 12.8 Å². The largest absolute Gasteiger partial charge is 0.479 e. The van der Waals surface area contributed by atoms with Crippen molar-refractivity contribution in [2.75, 3.05) is 6.61 Å². The summed E-state index contributed by atoms with van der Waals surface area (Å²) in [6.07, 6.45) is -4.59. The minimum absolute atomic E-state index is 0.415. The van der Waals surface area contributed by atoms with Gasteiger partial charge in [-0.25, -0.2) is 4.79 Å². The highest BCUT2D eigenvalue weighted by Crippen LogP contribution is 2.59. The van der Waals surface area contributed by atoms with E-state index in [-0.39, 0.29) is 0 Å². The third-order valence-electron chi connectivity index (χ3n) is 4.51.